The number of hydrogen-bond acceptors (Lipinski definition) is 4. The largest absolute Gasteiger partial charge is 0.495 e. The van der Waals surface area contributed by atoms with Crippen LogP contribution < -0.4 is 10.1 Å². The van der Waals surface area contributed by atoms with Crippen LogP contribution in [0.5, 0.6) is 5.75 Å². The molecule has 0 unspecified atom stereocenters. The third-order valence-electron chi connectivity index (χ3n) is 3.04. The van der Waals surface area contributed by atoms with Crippen molar-refractivity contribution in [3.8, 4) is 5.75 Å². The lowest BCUT2D eigenvalue weighted by atomic mass is 10.1. The maximum atomic E-state index is 11.8. The zero-order valence-corrected chi connectivity index (χ0v) is 12.3. The molecule has 0 aliphatic rings. The quantitative estimate of drug-likeness (QED) is 0.825. The molecule has 0 aromatic heterocycles. The van der Waals surface area contributed by atoms with Gasteiger partial charge in [-0.2, -0.15) is 0 Å². The van der Waals surface area contributed by atoms with Crippen molar-refractivity contribution >= 4 is 11.7 Å². The molecule has 0 fully saturated rings. The van der Waals surface area contributed by atoms with Gasteiger partial charge in [-0.1, -0.05) is 30.3 Å². The van der Waals surface area contributed by atoms with E-state index in [2.05, 4.69) is 5.32 Å². The summed E-state index contributed by atoms with van der Waals surface area (Å²) in [5.41, 5.74) is 2.43. The molecule has 2 rings (SSSR count). The number of benzene rings is 2. The molecule has 0 heterocycles. The molecule has 0 aliphatic heterocycles. The minimum atomic E-state index is -0.331. The summed E-state index contributed by atoms with van der Waals surface area (Å²) in [7, 11) is 1.60. The monoisotopic (exact) mass is 285 g/mol. The van der Waals surface area contributed by atoms with Crippen molar-refractivity contribution in [3.63, 3.8) is 0 Å². The normalized spacial score (nSPS) is 10.0. The Morgan fingerprint density at radius 3 is 2.57 bits per heavy atom. The van der Waals surface area contributed by atoms with Gasteiger partial charge in [-0.25, -0.2) is 4.79 Å². The first-order valence-corrected chi connectivity index (χ1v) is 6.87. The van der Waals surface area contributed by atoms with Crippen LogP contribution in [0.3, 0.4) is 0 Å². The molecule has 21 heavy (non-hydrogen) atoms. The Balaban J connectivity index is 2.16. The second kappa shape index (κ2) is 7.33. The SMILES string of the molecule is CCOC(=O)c1ccc(OC)c(NCc2ccccc2)c1. The second-order valence-electron chi connectivity index (χ2n) is 4.47. The summed E-state index contributed by atoms with van der Waals surface area (Å²) >= 11 is 0. The molecule has 0 radical (unpaired) electrons. The third kappa shape index (κ3) is 3.99. The minimum absolute atomic E-state index is 0.331. The highest BCUT2D eigenvalue weighted by atomic mass is 16.5. The van der Waals surface area contributed by atoms with Gasteiger partial charge in [-0.05, 0) is 30.7 Å². The van der Waals surface area contributed by atoms with E-state index in [9.17, 15) is 4.79 Å². The Kier molecular flexibility index (Phi) is 5.21. The standard InChI is InChI=1S/C17H19NO3/c1-3-21-17(19)14-9-10-16(20-2)15(11-14)18-12-13-7-5-4-6-8-13/h4-11,18H,3,12H2,1-2H3. The van der Waals surface area contributed by atoms with Crippen molar-refractivity contribution in [1.82, 2.24) is 0 Å². The molecule has 0 aliphatic carbocycles. The molecule has 0 saturated heterocycles. The van der Waals surface area contributed by atoms with Gasteiger partial charge in [0, 0.05) is 6.54 Å². The van der Waals surface area contributed by atoms with Gasteiger partial charge >= 0.3 is 5.97 Å². The van der Waals surface area contributed by atoms with Crippen molar-refractivity contribution in [1.29, 1.82) is 0 Å². The number of ether oxygens (including phenoxy) is 2. The van der Waals surface area contributed by atoms with Gasteiger partial charge in [0.25, 0.3) is 0 Å². The maximum Gasteiger partial charge on any atom is 0.338 e. The van der Waals surface area contributed by atoms with E-state index in [0.717, 1.165) is 11.3 Å². The van der Waals surface area contributed by atoms with E-state index in [1.807, 2.05) is 30.3 Å². The predicted octanol–water partition coefficient (Wildman–Crippen LogP) is 3.48. The van der Waals surface area contributed by atoms with Crippen molar-refractivity contribution < 1.29 is 14.3 Å². The number of nitrogens with one attached hydrogen (secondary N) is 1. The Hall–Kier alpha value is -2.49. The highest BCUT2D eigenvalue weighted by molar-refractivity contribution is 5.91. The molecule has 1 N–H and O–H groups in total. The van der Waals surface area contributed by atoms with Gasteiger partial charge in [0.1, 0.15) is 5.75 Å². The Morgan fingerprint density at radius 1 is 1.14 bits per heavy atom. The van der Waals surface area contributed by atoms with Crippen LogP contribution in [0.2, 0.25) is 0 Å². The molecule has 0 amide bonds. The molecule has 0 spiro atoms. The van der Waals surface area contributed by atoms with Crippen LogP contribution in [0.15, 0.2) is 48.5 Å². The lowest BCUT2D eigenvalue weighted by Gasteiger charge is -2.12. The zero-order chi connectivity index (χ0) is 15.1. The summed E-state index contributed by atoms with van der Waals surface area (Å²) < 4.78 is 10.3. The first-order chi connectivity index (χ1) is 10.2. The molecular weight excluding hydrogens is 266 g/mol. The van der Waals surface area contributed by atoms with Gasteiger partial charge in [-0.3, -0.25) is 0 Å². The first kappa shape index (κ1) is 14.9. The number of methoxy groups -OCH3 is 1. The van der Waals surface area contributed by atoms with E-state index >= 15 is 0 Å². The van der Waals surface area contributed by atoms with Crippen LogP contribution >= 0.6 is 0 Å². The third-order valence-corrected chi connectivity index (χ3v) is 3.04. The van der Waals surface area contributed by atoms with Gasteiger partial charge in [0.2, 0.25) is 0 Å². The lowest BCUT2D eigenvalue weighted by Crippen LogP contribution is -2.07. The van der Waals surface area contributed by atoms with E-state index in [4.69, 9.17) is 9.47 Å². The van der Waals surface area contributed by atoms with Gasteiger partial charge in [0.05, 0.1) is 25.0 Å². The number of carbonyl (C=O) groups is 1. The Labute approximate surface area is 124 Å². The molecular formula is C17H19NO3. The molecule has 2 aromatic rings. The van der Waals surface area contributed by atoms with Crippen LogP contribution in [0, 0.1) is 0 Å². The van der Waals surface area contributed by atoms with Crippen LogP contribution in [-0.4, -0.2) is 19.7 Å². The van der Waals surface area contributed by atoms with E-state index in [-0.39, 0.29) is 5.97 Å². The lowest BCUT2D eigenvalue weighted by molar-refractivity contribution is 0.0526. The van der Waals surface area contributed by atoms with Crippen LogP contribution in [0.4, 0.5) is 5.69 Å². The summed E-state index contributed by atoms with van der Waals surface area (Å²) in [5.74, 6) is 0.363. The maximum absolute atomic E-state index is 11.8. The highest BCUT2D eigenvalue weighted by Crippen LogP contribution is 2.26. The van der Waals surface area contributed by atoms with E-state index in [1.54, 1.807) is 32.2 Å². The molecule has 4 heteroatoms. The van der Waals surface area contributed by atoms with E-state index < -0.39 is 0 Å². The van der Waals surface area contributed by atoms with Crippen molar-refractivity contribution in [2.45, 2.75) is 13.5 Å². The number of anilines is 1. The van der Waals surface area contributed by atoms with Gasteiger partial charge in [-0.15, -0.1) is 0 Å². The molecule has 0 atom stereocenters. The summed E-state index contributed by atoms with van der Waals surface area (Å²) in [6.45, 7) is 2.80. The first-order valence-electron chi connectivity index (χ1n) is 6.87. The Bertz CT molecular complexity index is 596. The molecule has 4 nitrogen and oxygen atoms in total. The minimum Gasteiger partial charge on any atom is -0.495 e. The second-order valence-corrected chi connectivity index (χ2v) is 4.47. The summed E-state index contributed by atoms with van der Waals surface area (Å²) in [6.07, 6.45) is 0. The molecule has 0 bridgehead atoms. The fraction of sp³-hybridized carbons (Fsp3) is 0.235. The van der Waals surface area contributed by atoms with Gasteiger partial charge in [0.15, 0.2) is 0 Å². The number of carbonyl (C=O) groups excluding carboxylic acids is 1. The highest BCUT2D eigenvalue weighted by Gasteiger charge is 2.10. The molecule has 2 aromatic carbocycles. The Morgan fingerprint density at radius 2 is 1.90 bits per heavy atom. The van der Waals surface area contributed by atoms with E-state index in [0.29, 0.717) is 24.5 Å². The van der Waals surface area contributed by atoms with E-state index in [1.165, 1.54) is 0 Å². The average Bonchev–Trinajstić information content (AvgIpc) is 2.54. The number of esters is 1. The van der Waals surface area contributed by atoms with Crippen molar-refractivity contribution in [2.75, 3.05) is 19.0 Å². The average molecular weight is 285 g/mol. The number of rotatable bonds is 6. The number of hydrogen-bond donors (Lipinski definition) is 1. The smallest absolute Gasteiger partial charge is 0.338 e. The fourth-order valence-corrected chi connectivity index (χ4v) is 1.98. The summed E-state index contributed by atoms with van der Waals surface area (Å²) in [5, 5.41) is 3.29. The van der Waals surface area contributed by atoms with Crippen LogP contribution in [0.25, 0.3) is 0 Å². The van der Waals surface area contributed by atoms with Crippen LogP contribution in [-0.2, 0) is 11.3 Å². The van der Waals surface area contributed by atoms with Gasteiger partial charge < -0.3 is 14.8 Å². The van der Waals surface area contributed by atoms with Crippen LogP contribution in [0.1, 0.15) is 22.8 Å². The predicted molar refractivity (Wildman–Crippen MR) is 82.7 cm³/mol. The van der Waals surface area contributed by atoms with Crippen molar-refractivity contribution in [2.24, 2.45) is 0 Å². The van der Waals surface area contributed by atoms with Crippen molar-refractivity contribution in [3.05, 3.63) is 59.7 Å². The summed E-state index contributed by atoms with van der Waals surface area (Å²) in [6, 6.07) is 15.2. The molecule has 0 saturated carbocycles. The zero-order valence-electron chi connectivity index (χ0n) is 12.3. The molecule has 110 valence electrons. The fourth-order valence-electron chi connectivity index (χ4n) is 1.98. The topological polar surface area (TPSA) is 47.6 Å². The summed E-state index contributed by atoms with van der Waals surface area (Å²) in [4.78, 5) is 11.8.